The topological polar surface area (TPSA) is 34.5 Å². The zero-order valence-electron chi connectivity index (χ0n) is 9.92. The van der Waals surface area contributed by atoms with Gasteiger partial charge in [0.1, 0.15) is 5.75 Å². The average molecular weight is 226 g/mol. The first-order chi connectivity index (χ1) is 8.29. The number of aryl methyl sites for hydroxylation is 1. The minimum Gasteiger partial charge on any atom is -0.496 e. The van der Waals surface area contributed by atoms with Crippen molar-refractivity contribution in [2.24, 2.45) is 4.99 Å². The molecule has 0 unspecified atom stereocenters. The lowest BCUT2D eigenvalue weighted by Crippen LogP contribution is -1.89. The van der Waals surface area contributed by atoms with Gasteiger partial charge in [-0.15, -0.1) is 0 Å². The highest BCUT2D eigenvalue weighted by Gasteiger charge is 1.97. The molecule has 0 fully saturated rings. The molecule has 1 aromatic carbocycles. The Morgan fingerprint density at radius 2 is 1.94 bits per heavy atom. The van der Waals surface area contributed by atoms with E-state index in [1.165, 1.54) is 0 Å². The highest BCUT2D eigenvalue weighted by molar-refractivity contribution is 5.85. The van der Waals surface area contributed by atoms with E-state index in [-0.39, 0.29) is 0 Å². The molecule has 0 aliphatic rings. The number of hydrogen-bond acceptors (Lipinski definition) is 3. The van der Waals surface area contributed by atoms with Crippen molar-refractivity contribution in [1.29, 1.82) is 0 Å². The Morgan fingerprint density at radius 3 is 2.71 bits per heavy atom. The molecule has 0 N–H and O–H groups in total. The van der Waals surface area contributed by atoms with Gasteiger partial charge in [-0.05, 0) is 31.2 Å². The Morgan fingerprint density at radius 1 is 1.12 bits per heavy atom. The standard InChI is InChI=1S/C14H14N2O/c1-11-6-5-9-14(16-11)15-10-12-7-3-4-8-13(12)17-2/h3-10H,1-2H3/b15-10+. The number of ether oxygens (including phenoxy) is 1. The van der Waals surface area contributed by atoms with E-state index in [0.29, 0.717) is 5.82 Å². The number of pyridine rings is 1. The normalized spacial score (nSPS) is 10.7. The van der Waals surface area contributed by atoms with Crippen LogP contribution in [0.4, 0.5) is 5.82 Å². The molecule has 2 rings (SSSR count). The number of para-hydroxylation sites is 1. The van der Waals surface area contributed by atoms with Crippen molar-refractivity contribution in [3.8, 4) is 5.75 Å². The summed E-state index contributed by atoms with van der Waals surface area (Å²) in [5.74, 6) is 1.51. The molecule has 0 saturated carbocycles. The zero-order chi connectivity index (χ0) is 12.1. The Kier molecular flexibility index (Phi) is 3.50. The lowest BCUT2D eigenvalue weighted by Gasteiger charge is -2.02. The Bertz CT molecular complexity index is 535. The van der Waals surface area contributed by atoms with Crippen LogP contribution >= 0.6 is 0 Å². The van der Waals surface area contributed by atoms with Crippen LogP contribution in [0.1, 0.15) is 11.3 Å². The first-order valence-corrected chi connectivity index (χ1v) is 5.40. The van der Waals surface area contributed by atoms with Crippen LogP contribution in [0.5, 0.6) is 5.75 Å². The van der Waals surface area contributed by atoms with Crippen LogP contribution in [0.2, 0.25) is 0 Å². The third kappa shape index (κ3) is 2.91. The third-order valence-corrected chi connectivity index (χ3v) is 2.35. The van der Waals surface area contributed by atoms with Gasteiger partial charge in [0.15, 0.2) is 5.82 Å². The number of methoxy groups -OCH3 is 1. The van der Waals surface area contributed by atoms with Crippen molar-refractivity contribution < 1.29 is 4.74 Å². The van der Waals surface area contributed by atoms with E-state index in [4.69, 9.17) is 4.74 Å². The van der Waals surface area contributed by atoms with Crippen molar-refractivity contribution in [2.75, 3.05) is 7.11 Å². The molecule has 0 spiro atoms. The molecule has 0 radical (unpaired) electrons. The predicted octanol–water partition coefficient (Wildman–Crippen LogP) is 3.15. The maximum atomic E-state index is 5.25. The fourth-order valence-electron chi connectivity index (χ4n) is 1.51. The summed E-state index contributed by atoms with van der Waals surface area (Å²) in [4.78, 5) is 8.63. The van der Waals surface area contributed by atoms with Crippen molar-refractivity contribution in [3.63, 3.8) is 0 Å². The third-order valence-electron chi connectivity index (χ3n) is 2.35. The highest BCUT2D eigenvalue weighted by Crippen LogP contribution is 2.16. The Labute approximate surface area is 101 Å². The number of benzene rings is 1. The van der Waals surface area contributed by atoms with Gasteiger partial charge in [0.05, 0.1) is 7.11 Å². The molecule has 86 valence electrons. The maximum absolute atomic E-state index is 5.25. The molecule has 0 atom stereocenters. The fourth-order valence-corrected chi connectivity index (χ4v) is 1.51. The number of hydrogen-bond donors (Lipinski definition) is 0. The van der Waals surface area contributed by atoms with E-state index >= 15 is 0 Å². The summed E-state index contributed by atoms with van der Waals surface area (Å²) in [6.07, 6.45) is 1.76. The van der Waals surface area contributed by atoms with Crippen LogP contribution in [0.3, 0.4) is 0 Å². The summed E-state index contributed by atoms with van der Waals surface area (Å²) in [6, 6.07) is 13.5. The monoisotopic (exact) mass is 226 g/mol. The molecule has 3 nitrogen and oxygen atoms in total. The second kappa shape index (κ2) is 5.25. The smallest absolute Gasteiger partial charge is 0.152 e. The zero-order valence-corrected chi connectivity index (χ0v) is 9.92. The van der Waals surface area contributed by atoms with Gasteiger partial charge in [0.25, 0.3) is 0 Å². The van der Waals surface area contributed by atoms with E-state index in [1.807, 2.05) is 49.4 Å². The van der Waals surface area contributed by atoms with E-state index in [0.717, 1.165) is 17.0 Å². The van der Waals surface area contributed by atoms with E-state index in [9.17, 15) is 0 Å². The SMILES string of the molecule is COc1ccccc1/C=N/c1cccc(C)n1. The van der Waals surface area contributed by atoms with Crippen LogP contribution in [0, 0.1) is 6.92 Å². The molecular formula is C14H14N2O. The van der Waals surface area contributed by atoms with Gasteiger partial charge in [-0.1, -0.05) is 18.2 Å². The van der Waals surface area contributed by atoms with E-state index < -0.39 is 0 Å². The highest BCUT2D eigenvalue weighted by atomic mass is 16.5. The Balaban J connectivity index is 2.26. The predicted molar refractivity (Wildman–Crippen MR) is 69.2 cm³/mol. The summed E-state index contributed by atoms with van der Waals surface area (Å²) in [7, 11) is 1.65. The van der Waals surface area contributed by atoms with Crippen molar-refractivity contribution in [2.45, 2.75) is 6.92 Å². The number of nitrogens with zero attached hydrogens (tertiary/aromatic N) is 2. The number of aromatic nitrogens is 1. The van der Waals surface area contributed by atoms with Gasteiger partial charge < -0.3 is 4.74 Å². The van der Waals surface area contributed by atoms with Gasteiger partial charge in [-0.3, -0.25) is 0 Å². The van der Waals surface area contributed by atoms with Crippen LogP contribution in [0.15, 0.2) is 47.5 Å². The first kappa shape index (κ1) is 11.3. The van der Waals surface area contributed by atoms with Crippen molar-refractivity contribution >= 4 is 12.0 Å². The lowest BCUT2D eigenvalue weighted by molar-refractivity contribution is 0.414. The van der Waals surface area contributed by atoms with Gasteiger partial charge in [0, 0.05) is 17.5 Å². The van der Waals surface area contributed by atoms with Gasteiger partial charge in [-0.2, -0.15) is 0 Å². The van der Waals surface area contributed by atoms with Gasteiger partial charge >= 0.3 is 0 Å². The molecule has 0 aliphatic heterocycles. The second-order valence-electron chi connectivity index (χ2n) is 3.64. The van der Waals surface area contributed by atoms with Gasteiger partial charge in [0.2, 0.25) is 0 Å². The number of rotatable bonds is 3. The Hall–Kier alpha value is -2.16. The molecule has 0 saturated heterocycles. The van der Waals surface area contributed by atoms with Crippen LogP contribution in [0.25, 0.3) is 0 Å². The summed E-state index contributed by atoms with van der Waals surface area (Å²) >= 11 is 0. The molecule has 17 heavy (non-hydrogen) atoms. The molecule has 0 amide bonds. The van der Waals surface area contributed by atoms with Crippen LogP contribution in [-0.2, 0) is 0 Å². The van der Waals surface area contributed by atoms with Crippen LogP contribution in [-0.4, -0.2) is 18.3 Å². The first-order valence-electron chi connectivity index (χ1n) is 5.40. The molecule has 0 bridgehead atoms. The van der Waals surface area contributed by atoms with Crippen LogP contribution < -0.4 is 4.74 Å². The number of aliphatic imine (C=N–C) groups is 1. The quantitative estimate of drug-likeness (QED) is 0.753. The lowest BCUT2D eigenvalue weighted by atomic mass is 10.2. The minimum atomic E-state index is 0.705. The van der Waals surface area contributed by atoms with Crippen molar-refractivity contribution in [1.82, 2.24) is 4.98 Å². The molecule has 0 aliphatic carbocycles. The summed E-state index contributed by atoms with van der Waals surface area (Å²) in [5.41, 5.74) is 1.90. The van der Waals surface area contributed by atoms with Crippen molar-refractivity contribution in [3.05, 3.63) is 53.7 Å². The second-order valence-corrected chi connectivity index (χ2v) is 3.64. The molecule has 1 heterocycles. The minimum absolute atomic E-state index is 0.705. The van der Waals surface area contributed by atoms with E-state index in [1.54, 1.807) is 13.3 Å². The molecule has 3 heteroatoms. The molecule has 2 aromatic rings. The summed E-state index contributed by atoms with van der Waals surface area (Å²) in [5, 5.41) is 0. The largest absolute Gasteiger partial charge is 0.496 e. The summed E-state index contributed by atoms with van der Waals surface area (Å²) < 4.78 is 5.25. The fraction of sp³-hybridized carbons (Fsp3) is 0.143. The molecule has 1 aromatic heterocycles. The average Bonchev–Trinajstić information content (AvgIpc) is 2.37. The van der Waals surface area contributed by atoms with E-state index in [2.05, 4.69) is 9.98 Å². The molecular weight excluding hydrogens is 212 g/mol. The summed E-state index contributed by atoms with van der Waals surface area (Å²) in [6.45, 7) is 1.95. The van der Waals surface area contributed by atoms with Gasteiger partial charge in [-0.25, -0.2) is 9.98 Å². The maximum Gasteiger partial charge on any atom is 0.152 e.